The van der Waals surface area contributed by atoms with E-state index in [-0.39, 0.29) is 36.1 Å². The number of ether oxygens (including phenoxy) is 1. The maximum absolute atomic E-state index is 13.4. The van der Waals surface area contributed by atoms with Gasteiger partial charge in [-0.1, -0.05) is 49.4 Å². The Kier molecular flexibility index (Phi) is 7.81. The topological polar surface area (TPSA) is 108 Å². The average molecular weight is 468 g/mol. The first-order valence-corrected chi connectivity index (χ1v) is 11.4. The molecule has 0 bridgehead atoms. The Morgan fingerprint density at radius 1 is 1.06 bits per heavy atom. The molecule has 1 saturated carbocycles. The summed E-state index contributed by atoms with van der Waals surface area (Å²) in [6.07, 6.45) is 0.0676. The molecule has 3 rings (SSSR count). The van der Waals surface area contributed by atoms with E-state index in [0.717, 1.165) is 12.0 Å². The second kappa shape index (κ2) is 10.6. The van der Waals surface area contributed by atoms with Gasteiger partial charge in [0.1, 0.15) is 23.9 Å². The van der Waals surface area contributed by atoms with Crippen molar-refractivity contribution in [3.63, 3.8) is 0 Å². The molecule has 2 aromatic rings. The van der Waals surface area contributed by atoms with E-state index in [9.17, 15) is 19.5 Å². The van der Waals surface area contributed by atoms with Crippen LogP contribution < -0.4 is 10.6 Å². The van der Waals surface area contributed by atoms with Gasteiger partial charge in [-0.2, -0.15) is 0 Å². The number of phenolic OH excluding ortho intramolecular Hbond substituents is 1. The monoisotopic (exact) mass is 467 g/mol. The highest BCUT2D eigenvalue weighted by atomic mass is 16.6. The maximum atomic E-state index is 13.4. The molecule has 3 amide bonds. The summed E-state index contributed by atoms with van der Waals surface area (Å²) in [6, 6.07) is 14.7. The van der Waals surface area contributed by atoms with E-state index < -0.39 is 17.7 Å². The van der Waals surface area contributed by atoms with Crippen LogP contribution in [0.1, 0.15) is 51.3 Å². The Morgan fingerprint density at radius 3 is 2.24 bits per heavy atom. The lowest BCUT2D eigenvalue weighted by molar-refractivity contribution is -0.141. The number of hydrogen-bond acceptors (Lipinski definition) is 5. The first-order chi connectivity index (χ1) is 16.0. The van der Waals surface area contributed by atoms with Gasteiger partial charge in [-0.3, -0.25) is 9.59 Å². The lowest BCUT2D eigenvalue weighted by Gasteiger charge is -2.32. The summed E-state index contributed by atoms with van der Waals surface area (Å²) in [5.41, 5.74) is 0.821. The van der Waals surface area contributed by atoms with Crippen molar-refractivity contribution in [2.45, 2.75) is 58.3 Å². The molecule has 1 aliphatic rings. The number of carbonyl (C=O) groups is 3. The molecule has 3 unspecified atom stereocenters. The van der Waals surface area contributed by atoms with Gasteiger partial charge in [-0.15, -0.1) is 0 Å². The van der Waals surface area contributed by atoms with Crippen molar-refractivity contribution in [1.29, 1.82) is 0 Å². The van der Waals surface area contributed by atoms with Gasteiger partial charge in [0, 0.05) is 12.6 Å². The molecule has 182 valence electrons. The number of phenols is 1. The summed E-state index contributed by atoms with van der Waals surface area (Å²) >= 11 is 0. The third kappa shape index (κ3) is 6.97. The lowest BCUT2D eigenvalue weighted by atomic mass is 10.0. The fraction of sp³-hybridized carbons (Fsp3) is 0.423. The molecule has 3 N–H and O–H groups in total. The van der Waals surface area contributed by atoms with E-state index >= 15 is 0 Å². The summed E-state index contributed by atoms with van der Waals surface area (Å²) in [7, 11) is 0. The van der Waals surface area contributed by atoms with Gasteiger partial charge in [-0.05, 0) is 56.4 Å². The molecule has 2 aromatic carbocycles. The van der Waals surface area contributed by atoms with Crippen LogP contribution in [0.15, 0.2) is 54.6 Å². The van der Waals surface area contributed by atoms with Crippen molar-refractivity contribution < 1.29 is 24.2 Å². The van der Waals surface area contributed by atoms with Crippen molar-refractivity contribution in [1.82, 2.24) is 15.5 Å². The highest BCUT2D eigenvalue weighted by molar-refractivity contribution is 5.91. The van der Waals surface area contributed by atoms with Crippen LogP contribution in [-0.2, 0) is 20.9 Å². The number of amides is 3. The van der Waals surface area contributed by atoms with Crippen LogP contribution in [0.25, 0.3) is 0 Å². The highest BCUT2D eigenvalue weighted by Crippen LogP contribution is 2.40. The third-order valence-electron chi connectivity index (χ3n) is 5.54. The van der Waals surface area contributed by atoms with Crippen LogP contribution in [0.2, 0.25) is 0 Å². The minimum absolute atomic E-state index is 0.0662. The van der Waals surface area contributed by atoms with E-state index in [2.05, 4.69) is 10.6 Å². The summed E-state index contributed by atoms with van der Waals surface area (Å²) in [5.74, 6) is -0.420. The first-order valence-electron chi connectivity index (χ1n) is 11.4. The molecular weight excluding hydrogens is 434 g/mol. The quantitative estimate of drug-likeness (QED) is 0.551. The molecular formula is C26H33N3O5. The van der Waals surface area contributed by atoms with Gasteiger partial charge in [0.15, 0.2) is 0 Å². The van der Waals surface area contributed by atoms with Crippen LogP contribution >= 0.6 is 0 Å². The van der Waals surface area contributed by atoms with Crippen molar-refractivity contribution in [2.75, 3.05) is 6.54 Å². The van der Waals surface area contributed by atoms with Crippen molar-refractivity contribution >= 4 is 17.9 Å². The normalized spacial score (nSPS) is 17.9. The SMILES string of the molecule is CC1CC1N(C(=O)CNC(=O)OC(C)(C)C)C(C(=O)NCc1ccccc1)c1ccc(O)cc1. The number of alkyl carbamates (subject to hydrolysis) is 1. The molecule has 1 fully saturated rings. The molecule has 1 aliphatic carbocycles. The largest absolute Gasteiger partial charge is 0.508 e. The Hall–Kier alpha value is -3.55. The molecule has 8 heteroatoms. The highest BCUT2D eigenvalue weighted by Gasteiger charge is 2.46. The molecule has 0 saturated heterocycles. The first kappa shape index (κ1) is 25.1. The zero-order valence-electron chi connectivity index (χ0n) is 20.1. The van der Waals surface area contributed by atoms with Gasteiger partial charge >= 0.3 is 6.09 Å². The zero-order chi connectivity index (χ0) is 24.9. The van der Waals surface area contributed by atoms with Gasteiger partial charge in [-0.25, -0.2) is 4.79 Å². The van der Waals surface area contributed by atoms with Crippen LogP contribution in [0.4, 0.5) is 4.79 Å². The molecule has 0 spiro atoms. The van der Waals surface area contributed by atoms with E-state index in [1.54, 1.807) is 37.8 Å². The number of nitrogens with one attached hydrogen (secondary N) is 2. The summed E-state index contributed by atoms with van der Waals surface area (Å²) in [6.45, 7) is 7.26. The van der Waals surface area contributed by atoms with Gasteiger partial charge in [0.05, 0.1) is 0 Å². The zero-order valence-corrected chi connectivity index (χ0v) is 20.1. The number of benzene rings is 2. The molecule has 34 heavy (non-hydrogen) atoms. The van der Waals surface area contributed by atoms with Crippen LogP contribution in [0, 0.1) is 5.92 Å². The van der Waals surface area contributed by atoms with E-state index in [0.29, 0.717) is 12.1 Å². The number of carbonyl (C=O) groups excluding carboxylic acids is 3. The van der Waals surface area contributed by atoms with Gasteiger partial charge in [0.2, 0.25) is 11.8 Å². The summed E-state index contributed by atoms with van der Waals surface area (Å²) < 4.78 is 5.23. The fourth-order valence-electron chi connectivity index (χ4n) is 3.74. The summed E-state index contributed by atoms with van der Waals surface area (Å²) in [4.78, 5) is 40.4. The Morgan fingerprint density at radius 2 is 1.68 bits per heavy atom. The van der Waals surface area contributed by atoms with Gasteiger partial charge < -0.3 is 25.4 Å². The number of hydrogen-bond donors (Lipinski definition) is 3. The predicted molar refractivity (Wildman–Crippen MR) is 128 cm³/mol. The van der Waals surface area contributed by atoms with Crippen LogP contribution in [0.3, 0.4) is 0 Å². The minimum Gasteiger partial charge on any atom is -0.508 e. The van der Waals surface area contributed by atoms with Crippen molar-refractivity contribution in [3.8, 4) is 5.75 Å². The second-order valence-corrected chi connectivity index (χ2v) is 9.63. The predicted octanol–water partition coefficient (Wildman–Crippen LogP) is 3.51. The van der Waals surface area contributed by atoms with Crippen LogP contribution in [0.5, 0.6) is 5.75 Å². The molecule has 3 atom stereocenters. The van der Waals surface area contributed by atoms with E-state index in [1.165, 1.54) is 12.1 Å². The number of rotatable bonds is 8. The fourth-order valence-corrected chi connectivity index (χ4v) is 3.74. The maximum Gasteiger partial charge on any atom is 0.408 e. The number of nitrogens with zero attached hydrogens (tertiary/aromatic N) is 1. The Balaban J connectivity index is 1.82. The number of aromatic hydroxyl groups is 1. The minimum atomic E-state index is -0.910. The van der Waals surface area contributed by atoms with Crippen LogP contribution in [-0.4, -0.2) is 46.1 Å². The molecule has 0 aliphatic heterocycles. The van der Waals surface area contributed by atoms with E-state index in [1.807, 2.05) is 37.3 Å². The van der Waals surface area contributed by atoms with Crippen molar-refractivity contribution in [2.24, 2.45) is 5.92 Å². The van der Waals surface area contributed by atoms with Gasteiger partial charge in [0.25, 0.3) is 0 Å². The molecule has 0 heterocycles. The average Bonchev–Trinajstić information content (AvgIpc) is 3.50. The Bertz CT molecular complexity index is 1000. The molecule has 0 aromatic heterocycles. The standard InChI is InChI=1S/C26H33N3O5/c1-17-14-21(17)29(22(31)16-28-25(33)34-26(2,3)4)23(19-10-12-20(30)13-11-19)24(32)27-15-18-8-6-5-7-9-18/h5-13,17,21,23,30H,14-16H2,1-4H3,(H,27,32)(H,28,33). The molecule has 8 nitrogen and oxygen atoms in total. The van der Waals surface area contributed by atoms with Crippen molar-refractivity contribution in [3.05, 3.63) is 65.7 Å². The Labute approximate surface area is 200 Å². The lowest BCUT2D eigenvalue weighted by Crippen LogP contribution is -2.49. The second-order valence-electron chi connectivity index (χ2n) is 9.63. The summed E-state index contributed by atoms with van der Waals surface area (Å²) in [5, 5.41) is 15.2. The molecule has 0 radical (unpaired) electrons. The smallest absolute Gasteiger partial charge is 0.408 e. The van der Waals surface area contributed by atoms with E-state index in [4.69, 9.17) is 4.74 Å². The third-order valence-corrected chi connectivity index (χ3v) is 5.54.